The SMILES string of the molecule is O=C(Cl)OC1C2CC3CC(C2)CC1C3.OC1C2CC3CC(C2)CC1C3. The zero-order chi connectivity index (χ0) is 17.1. The molecular formula is C21H31ClO3. The third-order valence-corrected chi connectivity index (χ3v) is 8.64. The molecule has 25 heavy (non-hydrogen) atoms. The fourth-order valence-corrected chi connectivity index (χ4v) is 8.17. The number of rotatable bonds is 1. The first kappa shape index (κ1) is 16.9. The third-order valence-electron chi connectivity index (χ3n) is 8.55. The van der Waals surface area contributed by atoms with Gasteiger partial charge >= 0.3 is 5.43 Å². The minimum absolute atomic E-state index is 0.0859. The van der Waals surface area contributed by atoms with E-state index in [0.717, 1.165) is 23.7 Å². The summed E-state index contributed by atoms with van der Waals surface area (Å²) < 4.78 is 5.25. The van der Waals surface area contributed by atoms with E-state index in [-0.39, 0.29) is 12.2 Å². The molecule has 8 bridgehead atoms. The van der Waals surface area contributed by atoms with Crippen molar-refractivity contribution in [3.63, 3.8) is 0 Å². The van der Waals surface area contributed by atoms with Gasteiger partial charge in [-0.05, 0) is 112 Å². The fourth-order valence-electron chi connectivity index (χ4n) is 8.07. The summed E-state index contributed by atoms with van der Waals surface area (Å²) in [6.07, 6.45) is 13.6. The molecule has 8 aliphatic rings. The highest BCUT2D eigenvalue weighted by Crippen LogP contribution is 2.55. The average Bonchev–Trinajstić information content (AvgIpc) is 2.55. The Labute approximate surface area is 155 Å². The Balaban J connectivity index is 0.000000115. The maximum absolute atomic E-state index is 10.8. The van der Waals surface area contributed by atoms with Gasteiger partial charge in [-0.2, -0.15) is 0 Å². The molecule has 0 atom stereocenters. The average molecular weight is 367 g/mol. The van der Waals surface area contributed by atoms with Crippen LogP contribution in [0.1, 0.15) is 64.2 Å². The van der Waals surface area contributed by atoms with Crippen LogP contribution in [0.5, 0.6) is 0 Å². The number of hydrogen-bond donors (Lipinski definition) is 1. The molecule has 0 aromatic carbocycles. The number of carbonyl (C=O) groups is 1. The molecule has 0 aliphatic heterocycles. The Hall–Kier alpha value is -0.280. The predicted octanol–water partition coefficient (Wildman–Crippen LogP) is 4.99. The van der Waals surface area contributed by atoms with Gasteiger partial charge < -0.3 is 9.84 Å². The zero-order valence-corrected chi connectivity index (χ0v) is 15.7. The van der Waals surface area contributed by atoms with E-state index < -0.39 is 5.43 Å². The summed E-state index contributed by atoms with van der Waals surface area (Å²) in [5.74, 6) is 6.48. The molecule has 8 rings (SSSR count). The van der Waals surface area contributed by atoms with Gasteiger partial charge in [-0.1, -0.05) is 0 Å². The van der Waals surface area contributed by atoms with E-state index in [1.54, 1.807) is 0 Å². The number of ether oxygens (including phenoxy) is 1. The van der Waals surface area contributed by atoms with Crippen LogP contribution in [0.3, 0.4) is 0 Å². The number of carbonyl (C=O) groups excluding carboxylic acids is 1. The Morgan fingerprint density at radius 3 is 1.40 bits per heavy atom. The van der Waals surface area contributed by atoms with Crippen LogP contribution in [0.15, 0.2) is 0 Å². The summed E-state index contributed by atoms with van der Waals surface area (Å²) in [4.78, 5) is 10.8. The van der Waals surface area contributed by atoms with E-state index in [4.69, 9.17) is 16.3 Å². The van der Waals surface area contributed by atoms with E-state index >= 15 is 0 Å². The summed E-state index contributed by atoms with van der Waals surface area (Å²) in [5, 5.41) is 9.83. The van der Waals surface area contributed by atoms with E-state index in [9.17, 15) is 9.90 Å². The topological polar surface area (TPSA) is 46.5 Å². The molecule has 8 fully saturated rings. The lowest BCUT2D eigenvalue weighted by Crippen LogP contribution is -2.49. The van der Waals surface area contributed by atoms with E-state index in [0.29, 0.717) is 23.7 Å². The van der Waals surface area contributed by atoms with Gasteiger partial charge in [-0.3, -0.25) is 0 Å². The van der Waals surface area contributed by atoms with E-state index in [1.165, 1.54) is 64.2 Å². The highest BCUT2D eigenvalue weighted by atomic mass is 35.5. The van der Waals surface area contributed by atoms with Crippen molar-refractivity contribution in [1.82, 2.24) is 0 Å². The lowest BCUT2D eigenvalue weighted by molar-refractivity contribution is -0.0919. The standard InChI is InChI=1S/C11H15ClO2.C10H16O/c12-11(13)14-10-8-2-6-1-7(4-8)5-9(10)3-6;11-10-8-2-6-1-7(4-8)5-9(10)3-6/h6-10H,1-5H2;6-11H,1-5H2. The van der Waals surface area contributed by atoms with Crippen LogP contribution in [0.2, 0.25) is 0 Å². The summed E-state index contributed by atoms with van der Waals surface area (Å²) in [6.45, 7) is 0. The number of aliphatic hydroxyl groups is 1. The van der Waals surface area contributed by atoms with Gasteiger partial charge in [0.15, 0.2) is 0 Å². The number of hydrogen-bond acceptors (Lipinski definition) is 3. The van der Waals surface area contributed by atoms with Crippen LogP contribution in [-0.4, -0.2) is 22.7 Å². The molecule has 4 heteroatoms. The van der Waals surface area contributed by atoms with E-state index in [2.05, 4.69) is 0 Å². The molecule has 0 heterocycles. The van der Waals surface area contributed by atoms with Crippen molar-refractivity contribution in [2.45, 2.75) is 76.4 Å². The maximum Gasteiger partial charge on any atom is 0.404 e. The fraction of sp³-hybridized carbons (Fsp3) is 0.952. The number of aliphatic hydroxyl groups excluding tert-OH is 1. The molecule has 0 amide bonds. The molecule has 140 valence electrons. The second-order valence-corrected chi connectivity index (χ2v) is 10.5. The molecular weight excluding hydrogens is 336 g/mol. The molecule has 8 aliphatic carbocycles. The Kier molecular flexibility index (Phi) is 4.32. The first-order chi connectivity index (χ1) is 12.0. The molecule has 0 aromatic heterocycles. The predicted molar refractivity (Wildman–Crippen MR) is 96.2 cm³/mol. The second kappa shape index (κ2) is 6.41. The van der Waals surface area contributed by atoms with Crippen LogP contribution in [-0.2, 0) is 4.74 Å². The molecule has 3 nitrogen and oxygen atoms in total. The van der Waals surface area contributed by atoms with Crippen LogP contribution in [0.4, 0.5) is 4.79 Å². The summed E-state index contributed by atoms with van der Waals surface area (Å²) in [6, 6.07) is 0. The Bertz CT molecular complexity index is 477. The third kappa shape index (κ3) is 3.14. The van der Waals surface area contributed by atoms with Crippen molar-refractivity contribution in [3.8, 4) is 0 Å². The first-order valence-corrected chi connectivity index (χ1v) is 11.0. The molecule has 0 radical (unpaired) electrons. The van der Waals surface area contributed by atoms with Crippen LogP contribution in [0, 0.1) is 47.3 Å². The largest absolute Gasteiger partial charge is 0.450 e. The highest BCUT2D eigenvalue weighted by Gasteiger charge is 2.50. The van der Waals surface area contributed by atoms with Crippen molar-refractivity contribution in [3.05, 3.63) is 0 Å². The van der Waals surface area contributed by atoms with Crippen molar-refractivity contribution in [1.29, 1.82) is 0 Å². The smallest absolute Gasteiger partial charge is 0.404 e. The van der Waals surface area contributed by atoms with Crippen molar-refractivity contribution >= 4 is 17.0 Å². The highest BCUT2D eigenvalue weighted by molar-refractivity contribution is 6.61. The minimum atomic E-state index is -0.609. The summed E-state index contributed by atoms with van der Waals surface area (Å²) in [5.41, 5.74) is -0.609. The molecule has 1 N–H and O–H groups in total. The number of halogens is 1. The van der Waals surface area contributed by atoms with Gasteiger partial charge in [-0.25, -0.2) is 4.79 Å². The van der Waals surface area contributed by atoms with Gasteiger partial charge in [0.25, 0.3) is 0 Å². The lowest BCUT2D eigenvalue weighted by Gasteiger charge is -2.53. The van der Waals surface area contributed by atoms with Gasteiger partial charge in [-0.15, -0.1) is 0 Å². The Morgan fingerprint density at radius 2 is 1.04 bits per heavy atom. The maximum atomic E-state index is 10.8. The quantitative estimate of drug-likeness (QED) is 0.665. The van der Waals surface area contributed by atoms with Crippen LogP contribution in [0.25, 0.3) is 0 Å². The Morgan fingerprint density at radius 1 is 0.680 bits per heavy atom. The van der Waals surface area contributed by atoms with Gasteiger partial charge in [0.1, 0.15) is 6.10 Å². The molecule has 0 saturated heterocycles. The monoisotopic (exact) mass is 366 g/mol. The van der Waals surface area contributed by atoms with Crippen molar-refractivity contribution < 1.29 is 14.6 Å². The molecule has 8 saturated carbocycles. The van der Waals surface area contributed by atoms with E-state index in [1.807, 2.05) is 0 Å². The van der Waals surface area contributed by atoms with Crippen molar-refractivity contribution in [2.75, 3.05) is 0 Å². The van der Waals surface area contributed by atoms with Crippen LogP contribution < -0.4 is 0 Å². The molecule has 0 aromatic rings. The molecule has 0 spiro atoms. The van der Waals surface area contributed by atoms with Crippen molar-refractivity contribution in [2.24, 2.45) is 47.3 Å². The molecule has 0 unspecified atom stereocenters. The summed E-state index contributed by atoms with van der Waals surface area (Å²) in [7, 11) is 0. The minimum Gasteiger partial charge on any atom is -0.450 e. The second-order valence-electron chi connectivity index (χ2n) is 10.2. The lowest BCUT2D eigenvalue weighted by atomic mass is 9.55. The van der Waals surface area contributed by atoms with Crippen LogP contribution >= 0.6 is 11.6 Å². The van der Waals surface area contributed by atoms with Gasteiger partial charge in [0.05, 0.1) is 6.10 Å². The van der Waals surface area contributed by atoms with Gasteiger partial charge in [0.2, 0.25) is 0 Å². The zero-order valence-electron chi connectivity index (χ0n) is 15.0. The first-order valence-electron chi connectivity index (χ1n) is 10.6. The summed E-state index contributed by atoms with van der Waals surface area (Å²) >= 11 is 5.31. The normalized spacial score (nSPS) is 54.2. The van der Waals surface area contributed by atoms with Gasteiger partial charge in [0, 0.05) is 11.6 Å².